The first kappa shape index (κ1) is 25.4. The fraction of sp³-hybridized carbons (Fsp3) is 0.367. The smallest absolute Gasteiger partial charge is 0.318 e. The van der Waals surface area contributed by atoms with E-state index in [1.54, 1.807) is 14.0 Å². The lowest BCUT2D eigenvalue weighted by Gasteiger charge is -2.34. The lowest BCUT2D eigenvalue weighted by Crippen LogP contribution is -2.47. The molecule has 2 aromatic heterocycles. The predicted molar refractivity (Wildman–Crippen MR) is 144 cm³/mol. The maximum Gasteiger partial charge on any atom is 0.318 e. The van der Waals surface area contributed by atoms with E-state index >= 15 is 4.39 Å². The molecular weight excluding hydrogens is 502 g/mol. The maximum atomic E-state index is 15.5. The largest absolute Gasteiger partial charge is 0.508 e. The minimum atomic E-state index is -0.669. The van der Waals surface area contributed by atoms with Crippen LogP contribution in [0.4, 0.5) is 8.78 Å². The molecule has 1 N–H and O–H groups in total. The molecule has 2 aliphatic rings. The molecule has 2 atom stereocenters. The number of phenols is 1. The molecule has 2 fully saturated rings. The number of phenolic OH excluding ortho intramolecular Hbond substituents is 1. The summed E-state index contributed by atoms with van der Waals surface area (Å²) >= 11 is 0. The first-order valence-electron chi connectivity index (χ1n) is 13.0. The number of terminal acetylenes is 1. The van der Waals surface area contributed by atoms with Crippen molar-refractivity contribution in [3.05, 3.63) is 53.2 Å². The number of benzene rings is 2. The average Bonchev–Trinajstić information content (AvgIpc) is 3.48. The number of methoxy groups -OCH3 is 1. The van der Waals surface area contributed by atoms with Crippen LogP contribution in [0.25, 0.3) is 33.1 Å². The number of hydrogen-bond acceptors (Lipinski definition) is 7. The molecule has 0 spiro atoms. The van der Waals surface area contributed by atoms with Crippen LogP contribution in [0.3, 0.4) is 0 Å². The Morgan fingerprint density at radius 3 is 2.79 bits per heavy atom. The Bertz CT molecular complexity index is 1650. The van der Waals surface area contributed by atoms with Gasteiger partial charge in [0.1, 0.15) is 29.7 Å². The van der Waals surface area contributed by atoms with Crippen LogP contribution in [0.15, 0.2) is 30.3 Å². The molecule has 2 aromatic carbocycles. The second kappa shape index (κ2) is 9.70. The summed E-state index contributed by atoms with van der Waals surface area (Å²) in [5.41, 5.74) is 0.712. The Morgan fingerprint density at radius 2 is 2.00 bits per heavy atom. The van der Waals surface area contributed by atoms with E-state index in [9.17, 15) is 9.50 Å². The molecule has 9 heteroatoms. The van der Waals surface area contributed by atoms with E-state index in [1.807, 2.05) is 0 Å². The van der Waals surface area contributed by atoms with Crippen molar-refractivity contribution in [1.29, 1.82) is 0 Å². The summed E-state index contributed by atoms with van der Waals surface area (Å²) in [7, 11) is 1.73. The van der Waals surface area contributed by atoms with Gasteiger partial charge >= 0.3 is 6.01 Å². The van der Waals surface area contributed by atoms with Gasteiger partial charge in [0.2, 0.25) is 0 Å². The normalized spacial score (nSPS) is 20.9. The molecule has 0 radical (unpaired) electrons. The predicted octanol–water partition coefficient (Wildman–Crippen LogP) is 5.14. The van der Waals surface area contributed by atoms with Crippen molar-refractivity contribution in [2.24, 2.45) is 0 Å². The van der Waals surface area contributed by atoms with Crippen molar-refractivity contribution in [3.8, 4) is 35.4 Å². The van der Waals surface area contributed by atoms with Crippen LogP contribution in [0.1, 0.15) is 36.9 Å². The van der Waals surface area contributed by atoms with Crippen molar-refractivity contribution in [2.75, 3.05) is 26.9 Å². The summed E-state index contributed by atoms with van der Waals surface area (Å²) in [5.74, 6) is 0.938. The summed E-state index contributed by atoms with van der Waals surface area (Å²) in [4.78, 5) is 16.0. The summed E-state index contributed by atoms with van der Waals surface area (Å²) in [6, 6.07) is 7.32. The fourth-order valence-electron chi connectivity index (χ4n) is 6.34. The molecular formula is C30H28F2N4O3. The quantitative estimate of drug-likeness (QED) is 0.346. The summed E-state index contributed by atoms with van der Waals surface area (Å²) < 4.78 is 41.7. The number of halogens is 2. The molecule has 4 aromatic rings. The Hall–Kier alpha value is -3.87. The standard InChI is InChI=1S/C30H28F2N4O3/c1-4-21-24(31)7-6-18-12-20(37)13-23(26(18)21)27-25(32)14-22-17(2)33-29(35-28(22)34-27)39-16-30-9-5-11-36(30)19(8-10-30)15-38-3/h1,6-7,12-14,19,37H,5,8-11,15-16H2,2-3H3. The van der Waals surface area contributed by atoms with Crippen molar-refractivity contribution in [2.45, 2.75) is 44.2 Å². The summed E-state index contributed by atoms with van der Waals surface area (Å²) in [6.07, 6.45) is 9.80. The molecule has 2 unspecified atom stereocenters. The molecule has 4 heterocycles. The van der Waals surface area contributed by atoms with Gasteiger partial charge in [0.15, 0.2) is 5.65 Å². The van der Waals surface area contributed by atoms with E-state index in [-0.39, 0.29) is 45.2 Å². The number of nitrogens with zero attached hydrogens (tertiary/aromatic N) is 4. The van der Waals surface area contributed by atoms with Crippen LogP contribution < -0.4 is 4.74 Å². The average molecular weight is 531 g/mol. The van der Waals surface area contributed by atoms with Crippen LogP contribution in [0.2, 0.25) is 0 Å². The van der Waals surface area contributed by atoms with Crippen LogP contribution >= 0.6 is 0 Å². The van der Waals surface area contributed by atoms with Gasteiger partial charge in [-0.05, 0) is 68.8 Å². The van der Waals surface area contributed by atoms with Gasteiger partial charge in [-0.1, -0.05) is 12.0 Å². The van der Waals surface area contributed by atoms with E-state index in [2.05, 4.69) is 25.8 Å². The third-order valence-corrected chi connectivity index (χ3v) is 8.12. The van der Waals surface area contributed by atoms with E-state index < -0.39 is 11.6 Å². The molecule has 2 aliphatic heterocycles. The van der Waals surface area contributed by atoms with Gasteiger partial charge in [-0.2, -0.15) is 9.97 Å². The monoisotopic (exact) mass is 530 g/mol. The Balaban J connectivity index is 1.40. The van der Waals surface area contributed by atoms with Crippen LogP contribution in [-0.4, -0.2) is 63.4 Å². The zero-order chi connectivity index (χ0) is 27.3. The van der Waals surface area contributed by atoms with Gasteiger partial charge < -0.3 is 14.6 Å². The first-order valence-corrected chi connectivity index (χ1v) is 13.0. The van der Waals surface area contributed by atoms with E-state index in [0.717, 1.165) is 32.2 Å². The molecule has 7 nitrogen and oxygen atoms in total. The number of hydrogen-bond donors (Lipinski definition) is 1. The molecule has 0 bridgehead atoms. The fourth-order valence-corrected chi connectivity index (χ4v) is 6.34. The number of aryl methyl sites for hydroxylation is 1. The maximum absolute atomic E-state index is 15.5. The minimum absolute atomic E-state index is 0.0320. The molecule has 200 valence electrons. The van der Waals surface area contributed by atoms with E-state index in [4.69, 9.17) is 15.9 Å². The van der Waals surface area contributed by atoms with Gasteiger partial charge in [0.05, 0.1) is 23.4 Å². The Morgan fingerprint density at radius 1 is 1.15 bits per heavy atom. The highest BCUT2D eigenvalue weighted by atomic mass is 19.1. The second-order valence-corrected chi connectivity index (χ2v) is 10.4. The number of aromatic hydroxyl groups is 1. The highest BCUT2D eigenvalue weighted by molar-refractivity contribution is 6.01. The molecule has 0 saturated carbocycles. The molecule has 2 saturated heterocycles. The first-order chi connectivity index (χ1) is 18.8. The zero-order valence-electron chi connectivity index (χ0n) is 21.8. The van der Waals surface area contributed by atoms with Gasteiger partial charge in [0.25, 0.3) is 0 Å². The SMILES string of the molecule is C#Cc1c(F)ccc2cc(O)cc(-c3nc4nc(OCC56CCCN5C(COC)CC6)nc(C)c4cc3F)c12. The third kappa shape index (κ3) is 4.24. The van der Waals surface area contributed by atoms with Gasteiger partial charge in [0, 0.05) is 29.5 Å². The third-order valence-electron chi connectivity index (χ3n) is 8.12. The van der Waals surface area contributed by atoms with Crippen molar-refractivity contribution < 1.29 is 23.4 Å². The van der Waals surface area contributed by atoms with E-state index in [1.165, 1.54) is 30.3 Å². The summed E-state index contributed by atoms with van der Waals surface area (Å²) in [6.45, 7) is 3.89. The van der Waals surface area contributed by atoms with Crippen molar-refractivity contribution in [3.63, 3.8) is 0 Å². The lowest BCUT2D eigenvalue weighted by atomic mass is 9.95. The summed E-state index contributed by atoms with van der Waals surface area (Å²) in [5, 5.41) is 11.5. The van der Waals surface area contributed by atoms with Gasteiger partial charge in [-0.15, -0.1) is 6.42 Å². The van der Waals surface area contributed by atoms with Gasteiger partial charge in [-0.25, -0.2) is 13.8 Å². The number of pyridine rings is 1. The second-order valence-electron chi connectivity index (χ2n) is 10.4. The highest BCUT2D eigenvalue weighted by Crippen LogP contribution is 2.43. The number of ether oxygens (including phenoxy) is 2. The lowest BCUT2D eigenvalue weighted by molar-refractivity contribution is 0.0521. The molecule has 6 rings (SSSR count). The molecule has 39 heavy (non-hydrogen) atoms. The topological polar surface area (TPSA) is 80.6 Å². The number of fused-ring (bicyclic) bond motifs is 3. The minimum Gasteiger partial charge on any atom is -0.508 e. The highest BCUT2D eigenvalue weighted by Gasteiger charge is 2.49. The van der Waals surface area contributed by atoms with Crippen LogP contribution in [0.5, 0.6) is 11.8 Å². The number of rotatable bonds is 6. The van der Waals surface area contributed by atoms with Gasteiger partial charge in [-0.3, -0.25) is 4.90 Å². The molecule has 0 aliphatic carbocycles. The van der Waals surface area contributed by atoms with Crippen LogP contribution in [0, 0.1) is 30.9 Å². The van der Waals surface area contributed by atoms with Crippen LogP contribution in [-0.2, 0) is 4.74 Å². The van der Waals surface area contributed by atoms with Crippen molar-refractivity contribution in [1.82, 2.24) is 19.9 Å². The zero-order valence-corrected chi connectivity index (χ0v) is 21.8. The number of aromatic nitrogens is 3. The van der Waals surface area contributed by atoms with Crippen molar-refractivity contribution >= 4 is 21.8 Å². The van der Waals surface area contributed by atoms with E-state index in [0.29, 0.717) is 35.7 Å². The Labute approximate surface area is 224 Å². The Kier molecular flexibility index (Phi) is 6.32. The molecule has 0 amide bonds.